The Kier molecular flexibility index (Phi) is 3.18. The van der Waals surface area contributed by atoms with Gasteiger partial charge >= 0.3 is 0 Å². The molecule has 90 valence electrons. The van der Waals surface area contributed by atoms with E-state index in [1.165, 1.54) is 4.31 Å². The molecular weight excluding hydrogens is 236 g/mol. The molecule has 1 heterocycles. The van der Waals surface area contributed by atoms with Crippen LogP contribution in [0.1, 0.15) is 18.1 Å². The predicted molar refractivity (Wildman–Crippen MR) is 64.5 cm³/mol. The minimum absolute atomic E-state index is 0.193. The van der Waals surface area contributed by atoms with Gasteiger partial charge in [-0.3, -0.25) is 0 Å². The second-order valence-electron chi connectivity index (χ2n) is 4.48. The third-order valence-corrected chi connectivity index (χ3v) is 4.90. The fourth-order valence-corrected chi connectivity index (χ4v) is 3.89. The molecule has 5 heteroatoms. The lowest BCUT2D eigenvalue weighted by Gasteiger charge is -2.14. The summed E-state index contributed by atoms with van der Waals surface area (Å²) in [5, 5.41) is 8.67. The van der Waals surface area contributed by atoms with Gasteiger partial charge in [0.05, 0.1) is 17.4 Å². The van der Waals surface area contributed by atoms with Crippen LogP contribution < -0.4 is 0 Å². The van der Waals surface area contributed by atoms with Gasteiger partial charge in [-0.25, -0.2) is 8.42 Å². The van der Waals surface area contributed by atoms with Crippen LogP contribution in [0.4, 0.5) is 0 Å². The topological polar surface area (TPSA) is 61.2 Å². The molecule has 1 aromatic carbocycles. The fraction of sp³-hybridized carbons (Fsp3) is 0.417. The summed E-state index contributed by atoms with van der Waals surface area (Å²) < 4.78 is 25.1. The quantitative estimate of drug-likeness (QED) is 0.795. The Morgan fingerprint density at radius 2 is 2.06 bits per heavy atom. The normalized spacial score (nSPS) is 23.4. The molecule has 1 fully saturated rings. The average molecular weight is 250 g/mol. The first-order valence-electron chi connectivity index (χ1n) is 5.48. The van der Waals surface area contributed by atoms with Crippen molar-refractivity contribution in [3.8, 4) is 6.07 Å². The minimum atomic E-state index is -3.08. The van der Waals surface area contributed by atoms with E-state index in [2.05, 4.69) is 0 Å². The maximum atomic E-state index is 11.8. The van der Waals surface area contributed by atoms with Crippen LogP contribution in [0.2, 0.25) is 0 Å². The Balaban J connectivity index is 2.14. The number of nitrogens with zero attached hydrogens (tertiary/aromatic N) is 2. The van der Waals surface area contributed by atoms with Crippen LogP contribution in [-0.2, 0) is 16.6 Å². The molecule has 0 spiro atoms. The molecule has 0 radical (unpaired) electrons. The number of hydrogen-bond acceptors (Lipinski definition) is 3. The molecule has 1 aliphatic rings. The van der Waals surface area contributed by atoms with Gasteiger partial charge in [-0.1, -0.05) is 19.1 Å². The molecule has 1 saturated heterocycles. The van der Waals surface area contributed by atoms with Crippen molar-refractivity contribution in [1.29, 1.82) is 5.26 Å². The molecule has 1 aliphatic heterocycles. The largest absolute Gasteiger partial charge is 0.214 e. The van der Waals surface area contributed by atoms with E-state index in [1.807, 2.05) is 13.0 Å². The number of hydrogen-bond donors (Lipinski definition) is 0. The average Bonchev–Trinajstić information content (AvgIpc) is 2.53. The first-order valence-corrected chi connectivity index (χ1v) is 7.09. The first kappa shape index (κ1) is 12.1. The van der Waals surface area contributed by atoms with Gasteiger partial charge in [-0.05, 0) is 23.6 Å². The van der Waals surface area contributed by atoms with E-state index >= 15 is 0 Å². The maximum absolute atomic E-state index is 11.8. The number of nitriles is 1. The second-order valence-corrected chi connectivity index (χ2v) is 6.50. The molecule has 0 amide bonds. The Bertz CT molecular complexity index is 543. The summed E-state index contributed by atoms with van der Waals surface area (Å²) in [6.07, 6.45) is 0. The zero-order valence-corrected chi connectivity index (χ0v) is 10.4. The number of rotatable bonds is 2. The van der Waals surface area contributed by atoms with Crippen molar-refractivity contribution in [2.75, 3.05) is 12.3 Å². The van der Waals surface area contributed by atoms with E-state index in [0.717, 1.165) is 5.56 Å². The summed E-state index contributed by atoms with van der Waals surface area (Å²) in [5.74, 6) is 0.432. The van der Waals surface area contributed by atoms with Crippen molar-refractivity contribution >= 4 is 10.0 Å². The van der Waals surface area contributed by atoms with E-state index in [-0.39, 0.29) is 11.7 Å². The molecule has 1 atom stereocenters. The Morgan fingerprint density at radius 1 is 1.41 bits per heavy atom. The van der Waals surface area contributed by atoms with Crippen molar-refractivity contribution in [1.82, 2.24) is 4.31 Å². The van der Waals surface area contributed by atoms with Crippen LogP contribution in [-0.4, -0.2) is 25.0 Å². The molecular formula is C12H14N2O2S. The molecule has 2 rings (SSSR count). The Morgan fingerprint density at radius 3 is 2.53 bits per heavy atom. The first-order chi connectivity index (χ1) is 8.01. The third-order valence-electron chi connectivity index (χ3n) is 2.85. The number of benzene rings is 1. The molecule has 1 aromatic rings. The molecule has 0 aromatic heterocycles. The molecule has 0 N–H and O–H groups in total. The van der Waals surface area contributed by atoms with Crippen LogP contribution in [0.5, 0.6) is 0 Å². The van der Waals surface area contributed by atoms with E-state index in [1.54, 1.807) is 24.3 Å². The zero-order chi connectivity index (χ0) is 12.5. The molecule has 17 heavy (non-hydrogen) atoms. The van der Waals surface area contributed by atoms with Crippen molar-refractivity contribution in [2.45, 2.75) is 13.5 Å². The molecule has 1 unspecified atom stereocenters. The summed E-state index contributed by atoms with van der Waals surface area (Å²) in [6.45, 7) is 2.93. The van der Waals surface area contributed by atoms with Crippen molar-refractivity contribution in [3.63, 3.8) is 0 Å². The van der Waals surface area contributed by atoms with E-state index in [9.17, 15) is 8.42 Å². The van der Waals surface area contributed by atoms with Gasteiger partial charge in [-0.15, -0.1) is 0 Å². The van der Waals surface area contributed by atoms with Crippen LogP contribution in [0.25, 0.3) is 0 Å². The highest BCUT2D eigenvalue weighted by Crippen LogP contribution is 2.21. The Labute approximate surface area is 102 Å². The van der Waals surface area contributed by atoms with Crippen LogP contribution >= 0.6 is 0 Å². The van der Waals surface area contributed by atoms with Gasteiger partial charge in [0.25, 0.3) is 0 Å². The monoisotopic (exact) mass is 250 g/mol. The minimum Gasteiger partial charge on any atom is -0.212 e. The van der Waals surface area contributed by atoms with Crippen molar-refractivity contribution in [2.24, 2.45) is 5.92 Å². The van der Waals surface area contributed by atoms with Gasteiger partial charge < -0.3 is 0 Å². The fourth-order valence-electron chi connectivity index (χ4n) is 2.03. The summed E-state index contributed by atoms with van der Waals surface area (Å²) in [7, 11) is -3.08. The highest BCUT2D eigenvalue weighted by molar-refractivity contribution is 7.89. The molecule has 0 bridgehead atoms. The van der Waals surface area contributed by atoms with E-state index in [0.29, 0.717) is 18.7 Å². The molecule has 0 aliphatic carbocycles. The van der Waals surface area contributed by atoms with Gasteiger partial charge in [0.2, 0.25) is 10.0 Å². The third kappa shape index (κ3) is 2.65. The zero-order valence-electron chi connectivity index (χ0n) is 9.63. The van der Waals surface area contributed by atoms with E-state index in [4.69, 9.17) is 5.26 Å². The van der Waals surface area contributed by atoms with Crippen molar-refractivity contribution in [3.05, 3.63) is 35.4 Å². The van der Waals surface area contributed by atoms with E-state index < -0.39 is 10.0 Å². The van der Waals surface area contributed by atoms with Crippen LogP contribution in [0, 0.1) is 17.2 Å². The number of sulfonamides is 1. The maximum Gasteiger partial charge on any atom is 0.214 e. The summed E-state index contributed by atoms with van der Waals surface area (Å²) in [6, 6.07) is 9.06. The molecule has 4 nitrogen and oxygen atoms in total. The summed E-state index contributed by atoms with van der Waals surface area (Å²) in [4.78, 5) is 0. The lowest BCUT2D eigenvalue weighted by Crippen LogP contribution is -2.25. The SMILES string of the molecule is CC1CN(Cc2ccc(C#N)cc2)S(=O)(=O)C1. The smallest absolute Gasteiger partial charge is 0.212 e. The summed E-state index contributed by atoms with van der Waals surface area (Å²) >= 11 is 0. The van der Waals surface area contributed by atoms with Crippen molar-refractivity contribution < 1.29 is 8.42 Å². The standard InChI is InChI=1S/C12H14N2O2S/c1-10-7-14(17(15,16)9-10)8-12-4-2-11(6-13)3-5-12/h2-5,10H,7-9H2,1H3. The highest BCUT2D eigenvalue weighted by Gasteiger charge is 2.33. The van der Waals surface area contributed by atoms with Gasteiger partial charge in [0, 0.05) is 13.1 Å². The van der Waals surface area contributed by atoms with Crippen LogP contribution in [0.15, 0.2) is 24.3 Å². The molecule has 0 saturated carbocycles. The van der Waals surface area contributed by atoms with Crippen LogP contribution in [0.3, 0.4) is 0 Å². The lowest BCUT2D eigenvalue weighted by molar-refractivity contribution is 0.409. The lowest BCUT2D eigenvalue weighted by atomic mass is 10.1. The highest BCUT2D eigenvalue weighted by atomic mass is 32.2. The van der Waals surface area contributed by atoms with Gasteiger partial charge in [0.15, 0.2) is 0 Å². The predicted octanol–water partition coefficient (Wildman–Crippen LogP) is 1.34. The Hall–Kier alpha value is -1.38. The van der Waals surface area contributed by atoms with Gasteiger partial charge in [-0.2, -0.15) is 9.57 Å². The second kappa shape index (κ2) is 4.47. The summed E-state index contributed by atoms with van der Waals surface area (Å²) in [5.41, 5.74) is 1.51. The van der Waals surface area contributed by atoms with Gasteiger partial charge in [0.1, 0.15) is 0 Å².